The van der Waals surface area contributed by atoms with Crippen LogP contribution >= 0.6 is 0 Å². The maximum absolute atomic E-state index is 12.9. The van der Waals surface area contributed by atoms with Crippen molar-refractivity contribution in [2.45, 2.75) is 32.0 Å². The first-order valence-corrected chi connectivity index (χ1v) is 9.58. The number of rotatable bonds is 8. The van der Waals surface area contributed by atoms with Crippen LogP contribution in [-0.4, -0.2) is 83.6 Å². The fourth-order valence-corrected chi connectivity index (χ4v) is 3.11. The van der Waals surface area contributed by atoms with E-state index >= 15 is 0 Å². The first-order valence-electron chi connectivity index (χ1n) is 9.58. The van der Waals surface area contributed by atoms with E-state index in [0.29, 0.717) is 0 Å². The number of hydrogen-bond acceptors (Lipinski definition) is 7. The molecule has 1 aromatic carbocycles. The number of carbonyl (C=O) groups excluding carboxylic acids is 4. The van der Waals surface area contributed by atoms with Gasteiger partial charge < -0.3 is 29.7 Å². The Kier molecular flexibility index (Phi) is 8.35. The van der Waals surface area contributed by atoms with E-state index < -0.39 is 54.9 Å². The molecule has 2 atom stereocenters. The van der Waals surface area contributed by atoms with Crippen LogP contribution in [0.3, 0.4) is 0 Å². The van der Waals surface area contributed by atoms with Crippen molar-refractivity contribution < 1.29 is 38.6 Å². The van der Waals surface area contributed by atoms with Crippen LogP contribution in [0.15, 0.2) is 30.3 Å². The number of amides is 3. The second kappa shape index (κ2) is 11.0. The molecule has 0 bridgehead atoms. The number of alkyl carbamates (subject to hydrolysis) is 1. The van der Waals surface area contributed by atoms with Crippen LogP contribution in [0.25, 0.3) is 0 Å². The Morgan fingerprint density at radius 2 is 1.87 bits per heavy atom. The minimum atomic E-state index is -1.22. The van der Waals surface area contributed by atoms with Crippen molar-refractivity contribution in [3.63, 3.8) is 0 Å². The van der Waals surface area contributed by atoms with E-state index in [9.17, 15) is 24.0 Å². The first-order chi connectivity index (χ1) is 14.7. The van der Waals surface area contributed by atoms with Crippen LogP contribution in [0.4, 0.5) is 4.79 Å². The number of methoxy groups -OCH3 is 1. The third kappa shape index (κ3) is 6.69. The van der Waals surface area contributed by atoms with E-state index in [1.807, 2.05) is 6.07 Å². The van der Waals surface area contributed by atoms with Gasteiger partial charge >= 0.3 is 18.0 Å². The lowest BCUT2D eigenvalue weighted by Crippen LogP contribution is -2.62. The van der Waals surface area contributed by atoms with Crippen LogP contribution in [0.2, 0.25) is 0 Å². The molecule has 168 valence electrons. The zero-order valence-electron chi connectivity index (χ0n) is 17.3. The van der Waals surface area contributed by atoms with Crippen LogP contribution in [0.1, 0.15) is 18.9 Å². The fourth-order valence-electron chi connectivity index (χ4n) is 3.11. The third-order valence-electron chi connectivity index (χ3n) is 4.70. The number of nitrogens with zero attached hydrogens (tertiary/aromatic N) is 2. The molecule has 1 heterocycles. The van der Waals surface area contributed by atoms with Gasteiger partial charge in [0.15, 0.2) is 0 Å². The topological polar surface area (TPSA) is 143 Å². The average molecular weight is 435 g/mol. The number of esters is 1. The summed E-state index contributed by atoms with van der Waals surface area (Å²) in [5.41, 5.74) is 0.773. The van der Waals surface area contributed by atoms with E-state index in [4.69, 9.17) is 9.84 Å². The molecule has 3 amide bonds. The van der Waals surface area contributed by atoms with Crippen molar-refractivity contribution in [1.29, 1.82) is 0 Å². The highest BCUT2D eigenvalue weighted by atomic mass is 16.5. The molecular weight excluding hydrogens is 410 g/mol. The number of nitrogens with one attached hydrogen (secondary N) is 1. The first kappa shape index (κ1) is 23.6. The van der Waals surface area contributed by atoms with Crippen molar-refractivity contribution in [2.24, 2.45) is 0 Å². The lowest BCUT2D eigenvalue weighted by molar-refractivity contribution is -0.159. The summed E-state index contributed by atoms with van der Waals surface area (Å²) in [6.45, 7) is 0.892. The minimum absolute atomic E-state index is 0.00456. The van der Waals surface area contributed by atoms with Gasteiger partial charge in [-0.1, -0.05) is 30.3 Å². The molecule has 31 heavy (non-hydrogen) atoms. The monoisotopic (exact) mass is 435 g/mol. The molecule has 0 saturated carbocycles. The molecule has 0 unspecified atom stereocenters. The molecule has 11 heteroatoms. The van der Waals surface area contributed by atoms with Gasteiger partial charge in [0.2, 0.25) is 11.8 Å². The molecule has 1 aliphatic rings. The van der Waals surface area contributed by atoms with E-state index in [0.717, 1.165) is 22.5 Å². The van der Waals surface area contributed by atoms with Gasteiger partial charge in [0.25, 0.3) is 0 Å². The number of ether oxygens (including phenoxy) is 2. The lowest BCUT2D eigenvalue weighted by atomic mass is 10.1. The van der Waals surface area contributed by atoms with E-state index in [-0.39, 0.29) is 19.7 Å². The number of carboxylic acid groups (broad SMARTS) is 1. The third-order valence-corrected chi connectivity index (χ3v) is 4.70. The van der Waals surface area contributed by atoms with Gasteiger partial charge in [-0.2, -0.15) is 0 Å². The summed E-state index contributed by atoms with van der Waals surface area (Å²) in [6.07, 6.45) is -1.24. The maximum Gasteiger partial charge on any atom is 0.408 e. The predicted molar refractivity (Wildman–Crippen MR) is 106 cm³/mol. The normalized spacial score (nSPS) is 17.0. The quantitative estimate of drug-likeness (QED) is 0.543. The highest BCUT2D eigenvalue weighted by Gasteiger charge is 2.41. The molecule has 0 spiro atoms. The van der Waals surface area contributed by atoms with Crippen LogP contribution in [-0.2, 0) is 35.3 Å². The number of hydrogen-bond donors (Lipinski definition) is 2. The van der Waals surface area contributed by atoms with Crippen LogP contribution in [0.5, 0.6) is 0 Å². The second-order valence-corrected chi connectivity index (χ2v) is 6.91. The van der Waals surface area contributed by atoms with Crippen molar-refractivity contribution in [1.82, 2.24) is 15.1 Å². The summed E-state index contributed by atoms with van der Waals surface area (Å²) in [5.74, 6) is -3.21. The number of benzene rings is 1. The lowest BCUT2D eigenvalue weighted by Gasteiger charge is -2.40. The van der Waals surface area contributed by atoms with Crippen molar-refractivity contribution in [2.75, 3.05) is 26.7 Å². The standard InChI is InChI=1S/C20H25N3O8/c1-13(21-20(29)31-12-14-6-4-3-5-7-14)18(27)23-9-8-22(11-16(24)25)19(28)15(23)10-17(26)30-2/h3-7,13,15H,8-12H2,1-2H3,(H,21,29)(H,24,25)/t13-,15-/m0/s1. The molecule has 2 rings (SSSR count). The molecule has 11 nitrogen and oxygen atoms in total. The molecule has 2 N–H and O–H groups in total. The highest BCUT2D eigenvalue weighted by molar-refractivity contribution is 5.95. The average Bonchev–Trinajstić information content (AvgIpc) is 2.75. The van der Waals surface area contributed by atoms with Gasteiger partial charge in [0, 0.05) is 13.1 Å². The number of carboxylic acids is 1. The highest BCUT2D eigenvalue weighted by Crippen LogP contribution is 2.17. The fraction of sp³-hybridized carbons (Fsp3) is 0.450. The van der Waals surface area contributed by atoms with Crippen LogP contribution < -0.4 is 5.32 Å². The Bertz CT molecular complexity index is 829. The van der Waals surface area contributed by atoms with Crippen LogP contribution in [0, 0.1) is 0 Å². The van der Waals surface area contributed by atoms with Gasteiger partial charge in [-0.15, -0.1) is 0 Å². The second-order valence-electron chi connectivity index (χ2n) is 6.91. The molecule has 1 saturated heterocycles. The predicted octanol–water partition coefficient (Wildman–Crippen LogP) is -0.0116. The smallest absolute Gasteiger partial charge is 0.408 e. The van der Waals surface area contributed by atoms with Gasteiger partial charge in [-0.05, 0) is 12.5 Å². The van der Waals surface area contributed by atoms with Gasteiger partial charge in [0.1, 0.15) is 25.2 Å². The number of aliphatic carboxylic acids is 1. The summed E-state index contributed by atoms with van der Waals surface area (Å²) in [6, 6.07) is 6.71. The summed E-state index contributed by atoms with van der Waals surface area (Å²) >= 11 is 0. The summed E-state index contributed by atoms with van der Waals surface area (Å²) in [4.78, 5) is 62.5. The van der Waals surface area contributed by atoms with Gasteiger partial charge in [-0.3, -0.25) is 19.2 Å². The summed E-state index contributed by atoms with van der Waals surface area (Å²) < 4.78 is 9.68. The van der Waals surface area contributed by atoms with Crippen molar-refractivity contribution >= 4 is 29.8 Å². The molecule has 1 aromatic rings. The SMILES string of the molecule is COC(=O)C[C@H]1C(=O)N(CC(=O)O)CCN1C(=O)[C@H](C)NC(=O)OCc1ccccc1. The Morgan fingerprint density at radius 1 is 1.19 bits per heavy atom. The van der Waals surface area contributed by atoms with E-state index in [2.05, 4.69) is 10.1 Å². The number of carbonyl (C=O) groups is 5. The number of piperazine rings is 1. The molecule has 1 aliphatic heterocycles. The minimum Gasteiger partial charge on any atom is -0.480 e. The zero-order chi connectivity index (χ0) is 23.0. The molecular formula is C20H25N3O8. The van der Waals surface area contributed by atoms with E-state index in [1.54, 1.807) is 24.3 Å². The zero-order valence-corrected chi connectivity index (χ0v) is 17.3. The Hall–Kier alpha value is -3.63. The molecule has 0 radical (unpaired) electrons. The molecule has 1 fully saturated rings. The Morgan fingerprint density at radius 3 is 2.48 bits per heavy atom. The summed E-state index contributed by atoms with van der Waals surface area (Å²) in [5, 5.41) is 11.4. The van der Waals surface area contributed by atoms with Crippen molar-refractivity contribution in [3.05, 3.63) is 35.9 Å². The van der Waals surface area contributed by atoms with Gasteiger partial charge in [-0.25, -0.2) is 4.79 Å². The maximum atomic E-state index is 12.9. The Balaban J connectivity index is 2.02. The molecule has 0 aromatic heterocycles. The largest absolute Gasteiger partial charge is 0.480 e. The van der Waals surface area contributed by atoms with Gasteiger partial charge in [0.05, 0.1) is 13.5 Å². The van der Waals surface area contributed by atoms with E-state index in [1.165, 1.54) is 6.92 Å². The van der Waals surface area contributed by atoms with Crippen molar-refractivity contribution in [3.8, 4) is 0 Å². The summed E-state index contributed by atoms with van der Waals surface area (Å²) in [7, 11) is 1.14. The Labute approximate surface area is 178 Å². The molecule has 0 aliphatic carbocycles.